The minimum atomic E-state index is -0.359. The van der Waals surface area contributed by atoms with Crippen LogP contribution >= 0.6 is 0 Å². The van der Waals surface area contributed by atoms with Crippen molar-refractivity contribution in [3.63, 3.8) is 0 Å². The summed E-state index contributed by atoms with van der Waals surface area (Å²) in [6.45, 7) is 1.44. The third-order valence-electron chi connectivity index (χ3n) is 8.51. The Labute approximate surface area is 234 Å². The first-order chi connectivity index (χ1) is 20.2. The van der Waals surface area contributed by atoms with Crippen LogP contribution in [0, 0.1) is 0 Å². The zero-order valence-electron chi connectivity index (χ0n) is 22.2. The van der Waals surface area contributed by atoms with Crippen LogP contribution in [-0.2, 0) is 4.79 Å². The van der Waals surface area contributed by atoms with E-state index in [0.717, 1.165) is 54.1 Å². The van der Waals surface area contributed by atoms with E-state index in [1.54, 1.807) is 0 Å². The van der Waals surface area contributed by atoms with Crippen molar-refractivity contribution in [2.75, 3.05) is 0 Å². The van der Waals surface area contributed by atoms with Crippen LogP contribution in [0.2, 0.25) is 0 Å². The van der Waals surface area contributed by atoms with Gasteiger partial charge in [-0.3, -0.25) is 4.79 Å². The van der Waals surface area contributed by atoms with Crippen molar-refractivity contribution >= 4 is 92.5 Å². The van der Waals surface area contributed by atoms with Crippen LogP contribution in [0.4, 0.5) is 0 Å². The number of ether oxygens (including phenoxy) is 1. The van der Waals surface area contributed by atoms with Crippen molar-refractivity contribution in [3.05, 3.63) is 115 Å². The maximum atomic E-state index is 12.2. The number of esters is 1. The van der Waals surface area contributed by atoms with Gasteiger partial charge in [0.25, 0.3) is 0 Å². The summed E-state index contributed by atoms with van der Waals surface area (Å²) in [6.07, 6.45) is 0. The summed E-state index contributed by atoms with van der Waals surface area (Å²) in [4.78, 5) is 12.2. The molecule has 0 saturated carbocycles. The lowest BCUT2D eigenvalue weighted by Gasteiger charge is -2.13. The molecule has 0 fully saturated rings. The quantitative estimate of drug-likeness (QED) is 0.121. The van der Waals surface area contributed by atoms with E-state index in [0.29, 0.717) is 11.3 Å². The van der Waals surface area contributed by atoms with Gasteiger partial charge in [-0.25, -0.2) is 0 Å². The normalized spacial score (nSPS) is 12.1. The Hall–Kier alpha value is -5.41. The summed E-state index contributed by atoms with van der Waals surface area (Å²) in [7, 11) is 0. The fourth-order valence-corrected chi connectivity index (χ4v) is 6.87. The van der Waals surface area contributed by atoms with Crippen molar-refractivity contribution in [1.29, 1.82) is 0 Å². The van der Waals surface area contributed by atoms with E-state index in [9.17, 15) is 4.79 Å². The fraction of sp³-hybridized carbons (Fsp3) is 0.0263. The number of carbonyl (C=O) groups is 1. The predicted octanol–water partition coefficient (Wildman–Crippen LogP) is 10.4. The van der Waals surface area contributed by atoms with Crippen molar-refractivity contribution in [2.45, 2.75) is 6.92 Å². The zero-order chi connectivity index (χ0) is 27.2. The summed E-state index contributed by atoms with van der Waals surface area (Å²) in [5.41, 5.74) is 1.51. The number of benzene rings is 8. The second-order valence-corrected chi connectivity index (χ2v) is 10.8. The average Bonchev–Trinajstić information content (AvgIpc) is 3.38. The van der Waals surface area contributed by atoms with E-state index in [1.807, 2.05) is 6.07 Å². The van der Waals surface area contributed by atoms with Gasteiger partial charge in [-0.1, -0.05) is 97.1 Å². The Morgan fingerprint density at radius 2 is 1.00 bits per heavy atom. The van der Waals surface area contributed by atoms with Gasteiger partial charge in [-0.2, -0.15) is 0 Å². The van der Waals surface area contributed by atoms with Crippen LogP contribution in [0.3, 0.4) is 0 Å². The van der Waals surface area contributed by atoms with Crippen LogP contribution in [0.5, 0.6) is 5.75 Å². The van der Waals surface area contributed by atoms with Crippen LogP contribution < -0.4 is 4.74 Å². The highest BCUT2D eigenvalue weighted by Crippen LogP contribution is 2.47. The topological polar surface area (TPSA) is 39.4 Å². The molecule has 0 aliphatic carbocycles. The number of hydrogen-bond donors (Lipinski definition) is 0. The van der Waals surface area contributed by atoms with E-state index in [2.05, 4.69) is 109 Å². The second kappa shape index (κ2) is 8.06. The highest BCUT2D eigenvalue weighted by atomic mass is 16.5. The van der Waals surface area contributed by atoms with Crippen molar-refractivity contribution in [2.24, 2.45) is 0 Å². The lowest BCUT2D eigenvalue weighted by molar-refractivity contribution is -0.131. The maximum absolute atomic E-state index is 12.2. The molecule has 0 amide bonds. The summed E-state index contributed by atoms with van der Waals surface area (Å²) >= 11 is 0. The first kappa shape index (κ1) is 22.4. The van der Waals surface area contributed by atoms with Gasteiger partial charge in [0.05, 0.1) is 0 Å². The largest absolute Gasteiger partial charge is 0.456 e. The summed E-state index contributed by atoms with van der Waals surface area (Å²) in [5.74, 6) is 0.149. The third-order valence-corrected chi connectivity index (χ3v) is 8.51. The van der Waals surface area contributed by atoms with Gasteiger partial charge < -0.3 is 9.15 Å². The second-order valence-electron chi connectivity index (χ2n) is 10.8. The fourth-order valence-electron chi connectivity index (χ4n) is 6.87. The number of fused-ring (bicyclic) bond motifs is 15. The predicted molar refractivity (Wildman–Crippen MR) is 170 cm³/mol. The molecule has 0 unspecified atom stereocenters. The van der Waals surface area contributed by atoms with E-state index in [4.69, 9.17) is 9.15 Å². The Morgan fingerprint density at radius 3 is 1.66 bits per heavy atom. The molecule has 0 N–H and O–H groups in total. The maximum Gasteiger partial charge on any atom is 0.308 e. The molecule has 8 aromatic carbocycles. The van der Waals surface area contributed by atoms with Gasteiger partial charge in [0, 0.05) is 39.9 Å². The molecular formula is C38H22O3. The lowest BCUT2D eigenvalue weighted by atomic mass is 9.90. The molecule has 9 rings (SSSR count). The Bertz CT molecular complexity index is 2580. The van der Waals surface area contributed by atoms with Crippen LogP contribution in [0.1, 0.15) is 6.92 Å². The molecule has 0 spiro atoms. The smallest absolute Gasteiger partial charge is 0.308 e. The zero-order valence-corrected chi connectivity index (χ0v) is 22.2. The molecular weight excluding hydrogens is 504 g/mol. The molecule has 0 bridgehead atoms. The standard InChI is InChI=1S/C38H22O3/c1-21(39)40-31-20-32-38(36-29(31)18-16-25-13-11-23-7-3-5-9-28(23)34(25)36)37-30(41-32)19-17-26-15-14-24-12-10-22-6-2-4-8-27(22)33(24)35(26)37/h2-20H,1H3. The molecule has 3 heteroatoms. The summed E-state index contributed by atoms with van der Waals surface area (Å²) in [6, 6.07) is 40.4. The number of carbonyl (C=O) groups excluding carboxylic acids is 1. The highest BCUT2D eigenvalue weighted by Gasteiger charge is 2.21. The van der Waals surface area contributed by atoms with Gasteiger partial charge >= 0.3 is 5.97 Å². The number of hydrogen-bond acceptors (Lipinski definition) is 3. The van der Waals surface area contributed by atoms with Crippen molar-refractivity contribution < 1.29 is 13.9 Å². The van der Waals surface area contributed by atoms with Crippen LogP contribution in [0.15, 0.2) is 120 Å². The molecule has 9 aromatic rings. The molecule has 1 heterocycles. The van der Waals surface area contributed by atoms with Gasteiger partial charge in [0.15, 0.2) is 0 Å². The molecule has 0 aliphatic heterocycles. The SMILES string of the molecule is CC(=O)Oc1cc2oc3ccc4ccc5ccc6ccccc6c5c4c3c2c2c1ccc1ccc3ccccc3c12. The Kier molecular flexibility index (Phi) is 4.41. The molecule has 41 heavy (non-hydrogen) atoms. The lowest BCUT2D eigenvalue weighted by Crippen LogP contribution is -2.02. The molecule has 0 saturated heterocycles. The van der Waals surface area contributed by atoms with Gasteiger partial charge in [-0.05, 0) is 60.6 Å². The molecule has 192 valence electrons. The van der Waals surface area contributed by atoms with Crippen molar-refractivity contribution in [1.82, 2.24) is 0 Å². The summed E-state index contributed by atoms with van der Waals surface area (Å²) < 4.78 is 12.4. The van der Waals surface area contributed by atoms with E-state index < -0.39 is 0 Å². The number of furan rings is 1. The van der Waals surface area contributed by atoms with Crippen LogP contribution in [0.25, 0.3) is 86.6 Å². The highest BCUT2D eigenvalue weighted by molar-refractivity contribution is 6.39. The van der Waals surface area contributed by atoms with Gasteiger partial charge in [0.1, 0.15) is 16.9 Å². The van der Waals surface area contributed by atoms with E-state index >= 15 is 0 Å². The minimum Gasteiger partial charge on any atom is -0.456 e. The molecule has 3 nitrogen and oxygen atoms in total. The number of rotatable bonds is 1. The Morgan fingerprint density at radius 1 is 0.488 bits per heavy atom. The minimum absolute atomic E-state index is 0.359. The molecule has 1 aromatic heterocycles. The first-order valence-electron chi connectivity index (χ1n) is 13.8. The molecule has 0 atom stereocenters. The molecule has 0 radical (unpaired) electrons. The third kappa shape index (κ3) is 3.06. The monoisotopic (exact) mass is 526 g/mol. The van der Waals surface area contributed by atoms with E-state index in [1.165, 1.54) is 33.9 Å². The van der Waals surface area contributed by atoms with Crippen molar-refractivity contribution in [3.8, 4) is 5.75 Å². The van der Waals surface area contributed by atoms with E-state index in [-0.39, 0.29) is 5.97 Å². The average molecular weight is 527 g/mol. The Balaban J connectivity index is 1.64. The van der Waals surface area contributed by atoms with Gasteiger partial charge in [0.2, 0.25) is 0 Å². The molecule has 0 aliphatic rings. The van der Waals surface area contributed by atoms with Gasteiger partial charge in [-0.15, -0.1) is 0 Å². The van der Waals surface area contributed by atoms with Crippen LogP contribution in [-0.4, -0.2) is 5.97 Å². The summed E-state index contributed by atoms with van der Waals surface area (Å²) in [5, 5.41) is 15.8. The first-order valence-corrected chi connectivity index (χ1v) is 13.8.